The fourth-order valence-corrected chi connectivity index (χ4v) is 1.22. The van der Waals surface area contributed by atoms with Crippen LogP contribution in [0.3, 0.4) is 0 Å². The maximum atomic E-state index is 5.87. The molecule has 72 valence electrons. The molecule has 0 saturated carbocycles. The second-order valence-corrected chi connectivity index (χ2v) is 4.36. The number of aromatic nitrogens is 1. The molecule has 0 aliphatic rings. The van der Waals surface area contributed by atoms with Crippen molar-refractivity contribution in [2.75, 3.05) is 5.73 Å². The van der Waals surface area contributed by atoms with E-state index in [1.807, 2.05) is 12.3 Å². The lowest BCUT2D eigenvalue weighted by Gasteiger charge is -2.19. The zero-order valence-corrected chi connectivity index (χ0v) is 8.89. The van der Waals surface area contributed by atoms with Crippen molar-refractivity contribution in [2.45, 2.75) is 39.5 Å². The van der Waals surface area contributed by atoms with E-state index in [4.69, 9.17) is 5.73 Å². The first kappa shape index (κ1) is 10.0. The topological polar surface area (TPSA) is 38.9 Å². The van der Waals surface area contributed by atoms with E-state index in [1.54, 1.807) is 0 Å². The number of hydrogen-bond acceptors (Lipinski definition) is 2. The minimum Gasteiger partial charge on any atom is -0.397 e. The van der Waals surface area contributed by atoms with E-state index in [1.165, 1.54) is 5.56 Å². The van der Waals surface area contributed by atoms with Crippen LogP contribution in [0.5, 0.6) is 0 Å². The maximum absolute atomic E-state index is 5.87. The van der Waals surface area contributed by atoms with E-state index in [0.717, 1.165) is 17.8 Å². The molecule has 1 heterocycles. The average Bonchev–Trinajstić information content (AvgIpc) is 2.02. The van der Waals surface area contributed by atoms with Gasteiger partial charge in [0.2, 0.25) is 0 Å². The van der Waals surface area contributed by atoms with Crippen LogP contribution in [0.2, 0.25) is 0 Å². The Bertz CT molecular complexity index is 297. The van der Waals surface area contributed by atoms with Gasteiger partial charge in [-0.1, -0.05) is 27.7 Å². The standard InChI is InChI=1S/C11H18N2/c1-5-10-9(12)6-8(7-13-10)11(2,3)4/h6-7H,5,12H2,1-4H3. The Balaban J connectivity index is 3.10. The predicted molar refractivity (Wildman–Crippen MR) is 56.7 cm³/mol. The third-order valence-electron chi connectivity index (χ3n) is 2.20. The predicted octanol–water partition coefficient (Wildman–Crippen LogP) is 2.52. The Morgan fingerprint density at radius 3 is 2.38 bits per heavy atom. The fourth-order valence-electron chi connectivity index (χ4n) is 1.22. The number of rotatable bonds is 1. The van der Waals surface area contributed by atoms with E-state index >= 15 is 0 Å². The van der Waals surface area contributed by atoms with Crippen molar-refractivity contribution in [2.24, 2.45) is 0 Å². The van der Waals surface area contributed by atoms with Crippen LogP contribution < -0.4 is 5.73 Å². The maximum Gasteiger partial charge on any atom is 0.0630 e. The van der Waals surface area contributed by atoms with Crippen LogP contribution in [0.15, 0.2) is 12.3 Å². The Morgan fingerprint density at radius 1 is 1.38 bits per heavy atom. The van der Waals surface area contributed by atoms with Crippen molar-refractivity contribution in [1.29, 1.82) is 0 Å². The number of nitrogens with two attached hydrogens (primary N) is 1. The van der Waals surface area contributed by atoms with Crippen molar-refractivity contribution < 1.29 is 0 Å². The average molecular weight is 178 g/mol. The molecule has 0 radical (unpaired) electrons. The van der Waals surface area contributed by atoms with Gasteiger partial charge in [0.25, 0.3) is 0 Å². The quantitative estimate of drug-likeness (QED) is 0.717. The largest absolute Gasteiger partial charge is 0.397 e. The third kappa shape index (κ3) is 2.20. The molecular weight excluding hydrogens is 160 g/mol. The molecular formula is C11H18N2. The van der Waals surface area contributed by atoms with Crippen LogP contribution in [-0.4, -0.2) is 4.98 Å². The molecule has 0 aromatic carbocycles. The summed E-state index contributed by atoms with van der Waals surface area (Å²) in [6.07, 6.45) is 2.82. The minimum atomic E-state index is 0.132. The summed E-state index contributed by atoms with van der Waals surface area (Å²) < 4.78 is 0. The number of aryl methyl sites for hydroxylation is 1. The smallest absolute Gasteiger partial charge is 0.0630 e. The molecule has 2 N–H and O–H groups in total. The van der Waals surface area contributed by atoms with Gasteiger partial charge in [0.1, 0.15) is 0 Å². The normalized spacial score (nSPS) is 11.7. The number of pyridine rings is 1. The van der Waals surface area contributed by atoms with Crippen molar-refractivity contribution in [3.63, 3.8) is 0 Å². The molecule has 1 aromatic rings. The molecule has 1 rings (SSSR count). The van der Waals surface area contributed by atoms with Gasteiger partial charge in [0.15, 0.2) is 0 Å². The summed E-state index contributed by atoms with van der Waals surface area (Å²) in [5.41, 5.74) is 9.00. The van der Waals surface area contributed by atoms with E-state index in [2.05, 4.69) is 32.7 Å². The number of nitrogen functional groups attached to an aromatic ring is 1. The number of anilines is 1. The second-order valence-electron chi connectivity index (χ2n) is 4.36. The molecule has 0 saturated heterocycles. The van der Waals surface area contributed by atoms with Gasteiger partial charge in [0, 0.05) is 6.20 Å². The minimum absolute atomic E-state index is 0.132. The fraction of sp³-hybridized carbons (Fsp3) is 0.545. The van der Waals surface area contributed by atoms with Crippen molar-refractivity contribution in [3.05, 3.63) is 23.5 Å². The second kappa shape index (κ2) is 3.36. The lowest BCUT2D eigenvalue weighted by atomic mass is 9.88. The lowest BCUT2D eigenvalue weighted by Crippen LogP contribution is -2.13. The van der Waals surface area contributed by atoms with Gasteiger partial charge < -0.3 is 5.73 Å². The van der Waals surface area contributed by atoms with Gasteiger partial charge in [-0.25, -0.2) is 0 Å². The number of hydrogen-bond donors (Lipinski definition) is 1. The summed E-state index contributed by atoms with van der Waals surface area (Å²) in [6, 6.07) is 2.03. The molecule has 0 aliphatic heterocycles. The van der Waals surface area contributed by atoms with Crippen molar-refractivity contribution >= 4 is 5.69 Å². The zero-order valence-electron chi connectivity index (χ0n) is 8.89. The van der Waals surface area contributed by atoms with Crippen molar-refractivity contribution in [1.82, 2.24) is 4.98 Å². The summed E-state index contributed by atoms with van der Waals surface area (Å²) in [5.74, 6) is 0. The molecule has 0 aliphatic carbocycles. The third-order valence-corrected chi connectivity index (χ3v) is 2.20. The Kier molecular flexibility index (Phi) is 2.60. The molecule has 0 fully saturated rings. The number of nitrogens with zero attached hydrogens (tertiary/aromatic N) is 1. The summed E-state index contributed by atoms with van der Waals surface area (Å²) >= 11 is 0. The van der Waals surface area contributed by atoms with Gasteiger partial charge in [0.05, 0.1) is 11.4 Å². The van der Waals surface area contributed by atoms with Gasteiger partial charge in [-0.05, 0) is 23.5 Å². The van der Waals surface area contributed by atoms with Gasteiger partial charge in [-0.15, -0.1) is 0 Å². The van der Waals surface area contributed by atoms with Crippen molar-refractivity contribution in [3.8, 4) is 0 Å². The summed E-state index contributed by atoms with van der Waals surface area (Å²) in [4.78, 5) is 4.34. The summed E-state index contributed by atoms with van der Waals surface area (Å²) in [5, 5.41) is 0. The first-order valence-electron chi connectivity index (χ1n) is 4.70. The Morgan fingerprint density at radius 2 is 2.00 bits per heavy atom. The lowest BCUT2D eigenvalue weighted by molar-refractivity contribution is 0.587. The highest BCUT2D eigenvalue weighted by Gasteiger charge is 2.14. The summed E-state index contributed by atoms with van der Waals surface area (Å²) in [7, 11) is 0. The van der Waals surface area contributed by atoms with Gasteiger partial charge in [-0.3, -0.25) is 4.98 Å². The van der Waals surface area contributed by atoms with E-state index in [9.17, 15) is 0 Å². The molecule has 1 aromatic heterocycles. The zero-order chi connectivity index (χ0) is 10.1. The van der Waals surface area contributed by atoms with Gasteiger partial charge >= 0.3 is 0 Å². The van der Waals surface area contributed by atoms with Crippen LogP contribution in [0.25, 0.3) is 0 Å². The van der Waals surface area contributed by atoms with Crippen LogP contribution in [0.1, 0.15) is 39.0 Å². The Hall–Kier alpha value is -1.05. The highest BCUT2D eigenvalue weighted by atomic mass is 14.7. The van der Waals surface area contributed by atoms with Crippen LogP contribution in [0.4, 0.5) is 5.69 Å². The first-order valence-corrected chi connectivity index (χ1v) is 4.70. The molecule has 0 unspecified atom stereocenters. The van der Waals surface area contributed by atoms with Gasteiger partial charge in [-0.2, -0.15) is 0 Å². The molecule has 0 spiro atoms. The van der Waals surface area contributed by atoms with Crippen LogP contribution in [-0.2, 0) is 11.8 Å². The summed E-state index contributed by atoms with van der Waals surface area (Å²) in [6.45, 7) is 8.55. The molecule has 2 nitrogen and oxygen atoms in total. The monoisotopic (exact) mass is 178 g/mol. The molecule has 0 atom stereocenters. The highest BCUT2D eigenvalue weighted by molar-refractivity contribution is 5.46. The highest BCUT2D eigenvalue weighted by Crippen LogP contribution is 2.24. The molecule has 2 heteroatoms. The van der Waals surface area contributed by atoms with E-state index in [-0.39, 0.29) is 5.41 Å². The Labute approximate surface area is 80.2 Å². The molecule has 13 heavy (non-hydrogen) atoms. The SMILES string of the molecule is CCc1ncc(C(C)(C)C)cc1N. The van der Waals surface area contributed by atoms with Crippen LogP contribution >= 0.6 is 0 Å². The molecule has 0 amide bonds. The van der Waals surface area contributed by atoms with E-state index in [0.29, 0.717) is 0 Å². The first-order chi connectivity index (χ1) is 5.95. The van der Waals surface area contributed by atoms with Crippen LogP contribution in [0, 0.1) is 0 Å². The molecule has 0 bridgehead atoms. The van der Waals surface area contributed by atoms with E-state index < -0.39 is 0 Å².